The van der Waals surface area contributed by atoms with Gasteiger partial charge < -0.3 is 9.47 Å². The predicted molar refractivity (Wildman–Crippen MR) is 70.6 cm³/mol. The molecule has 6 atom stereocenters. The van der Waals surface area contributed by atoms with Crippen LogP contribution in [-0.2, 0) is 19.1 Å². The van der Waals surface area contributed by atoms with Crippen molar-refractivity contribution in [1.82, 2.24) is 0 Å². The zero-order chi connectivity index (χ0) is 13.9. The van der Waals surface area contributed by atoms with E-state index in [0.29, 0.717) is 5.92 Å². The molecule has 2 saturated carbocycles. The van der Waals surface area contributed by atoms with Crippen molar-refractivity contribution >= 4 is 11.9 Å². The quantitative estimate of drug-likeness (QED) is 0.573. The average Bonchev–Trinajstić information content (AvgIpc) is 3.09. The number of carbonyl (C=O) groups excluding carboxylic acids is 2. The van der Waals surface area contributed by atoms with E-state index < -0.39 is 11.5 Å². The molecule has 3 fully saturated rings. The van der Waals surface area contributed by atoms with Crippen LogP contribution in [0.3, 0.4) is 0 Å². The molecule has 4 aliphatic rings. The Kier molecular flexibility index (Phi) is 2.54. The van der Waals surface area contributed by atoms with Crippen molar-refractivity contribution < 1.29 is 19.1 Å². The van der Waals surface area contributed by atoms with E-state index in [2.05, 4.69) is 12.2 Å². The van der Waals surface area contributed by atoms with Gasteiger partial charge in [0.15, 0.2) is 0 Å². The predicted octanol–water partition coefficient (Wildman–Crippen LogP) is 2.23. The maximum Gasteiger partial charge on any atom is 0.348 e. The summed E-state index contributed by atoms with van der Waals surface area (Å²) >= 11 is 0. The van der Waals surface area contributed by atoms with Crippen molar-refractivity contribution in [3.63, 3.8) is 0 Å². The van der Waals surface area contributed by atoms with Gasteiger partial charge in [-0.15, -0.1) is 0 Å². The number of carbonyl (C=O) groups is 2. The molecule has 1 aliphatic heterocycles. The van der Waals surface area contributed by atoms with Crippen molar-refractivity contribution in [2.45, 2.75) is 51.2 Å². The minimum atomic E-state index is -0.666. The highest BCUT2D eigenvalue weighted by atomic mass is 16.6. The van der Waals surface area contributed by atoms with Gasteiger partial charge in [0.25, 0.3) is 0 Å². The third-order valence-electron chi connectivity index (χ3n) is 5.75. The van der Waals surface area contributed by atoms with Crippen LogP contribution in [0.4, 0.5) is 0 Å². The second-order valence-corrected chi connectivity index (χ2v) is 7.07. The smallest absolute Gasteiger partial charge is 0.348 e. The summed E-state index contributed by atoms with van der Waals surface area (Å²) in [6, 6.07) is 0. The molecule has 3 aliphatic carbocycles. The molecule has 0 aromatic carbocycles. The van der Waals surface area contributed by atoms with Gasteiger partial charge >= 0.3 is 11.9 Å². The number of esters is 2. The van der Waals surface area contributed by atoms with Crippen LogP contribution in [0.2, 0.25) is 0 Å². The molecule has 4 nitrogen and oxygen atoms in total. The Hall–Kier alpha value is -1.32. The van der Waals surface area contributed by atoms with E-state index in [1.165, 1.54) is 0 Å². The molecule has 4 rings (SSSR count). The van der Waals surface area contributed by atoms with Crippen LogP contribution in [0, 0.1) is 23.2 Å². The first kappa shape index (κ1) is 12.4. The maximum atomic E-state index is 12.6. The van der Waals surface area contributed by atoms with Gasteiger partial charge in [-0.25, -0.2) is 4.79 Å². The summed E-state index contributed by atoms with van der Waals surface area (Å²) in [5.74, 6) is 0.409. The molecule has 1 saturated heterocycles. The molecular formula is C16H20O4. The monoisotopic (exact) mass is 276 g/mol. The molecule has 0 amide bonds. The third-order valence-corrected chi connectivity index (χ3v) is 5.75. The molecule has 0 spiro atoms. The van der Waals surface area contributed by atoms with E-state index in [4.69, 9.17) is 9.47 Å². The number of allylic oxidation sites excluding steroid dienone is 2. The van der Waals surface area contributed by atoms with E-state index >= 15 is 0 Å². The molecule has 4 heteroatoms. The van der Waals surface area contributed by atoms with Gasteiger partial charge in [0.2, 0.25) is 6.10 Å². The number of hydrogen-bond donors (Lipinski definition) is 0. The molecule has 108 valence electrons. The molecule has 0 radical (unpaired) electrons. The maximum absolute atomic E-state index is 12.6. The third kappa shape index (κ3) is 1.66. The number of fused-ring (bicyclic) bond motifs is 4. The van der Waals surface area contributed by atoms with Gasteiger partial charge in [-0.2, -0.15) is 0 Å². The lowest BCUT2D eigenvalue weighted by atomic mass is 9.77. The largest absolute Gasteiger partial charge is 0.460 e. The van der Waals surface area contributed by atoms with Gasteiger partial charge in [-0.3, -0.25) is 4.79 Å². The molecular weight excluding hydrogens is 256 g/mol. The first-order valence-electron chi connectivity index (χ1n) is 7.66. The molecule has 1 heterocycles. The zero-order valence-corrected chi connectivity index (χ0v) is 11.7. The number of ether oxygens (including phenoxy) is 2. The number of rotatable bonds is 2. The first-order valence-corrected chi connectivity index (χ1v) is 7.66. The lowest BCUT2D eigenvalue weighted by molar-refractivity contribution is -0.186. The van der Waals surface area contributed by atoms with E-state index in [-0.39, 0.29) is 29.9 Å². The standard InChI is InChI=1S/C16H20O4/c1-16(8-9-2-4-11(16)6-9)15(18)20-13-10-3-5-12(7-10)19-14(13)17/h2,4,9-13H,3,5-8H2,1H3. The second-order valence-electron chi connectivity index (χ2n) is 7.07. The summed E-state index contributed by atoms with van der Waals surface area (Å²) < 4.78 is 10.9. The van der Waals surface area contributed by atoms with Gasteiger partial charge in [0, 0.05) is 5.92 Å². The van der Waals surface area contributed by atoms with Gasteiger partial charge in [-0.05, 0) is 50.9 Å². The van der Waals surface area contributed by atoms with Gasteiger partial charge in [0.1, 0.15) is 6.10 Å². The molecule has 4 bridgehead atoms. The molecule has 0 aromatic heterocycles. The van der Waals surface area contributed by atoms with Gasteiger partial charge in [-0.1, -0.05) is 12.2 Å². The minimum Gasteiger partial charge on any atom is -0.460 e. The van der Waals surface area contributed by atoms with Crippen LogP contribution < -0.4 is 0 Å². The summed E-state index contributed by atoms with van der Waals surface area (Å²) in [5, 5.41) is 0. The topological polar surface area (TPSA) is 52.6 Å². The molecule has 6 unspecified atom stereocenters. The fourth-order valence-electron chi connectivity index (χ4n) is 4.50. The van der Waals surface area contributed by atoms with Crippen LogP contribution in [0.5, 0.6) is 0 Å². The Morgan fingerprint density at radius 1 is 1.35 bits per heavy atom. The highest BCUT2D eigenvalue weighted by Gasteiger charge is 2.53. The molecule has 0 aromatic rings. The number of hydrogen-bond acceptors (Lipinski definition) is 4. The highest BCUT2D eigenvalue weighted by Crippen LogP contribution is 2.53. The Labute approximate surface area is 118 Å². The van der Waals surface area contributed by atoms with Gasteiger partial charge in [0.05, 0.1) is 5.41 Å². The fraction of sp³-hybridized carbons (Fsp3) is 0.750. The average molecular weight is 276 g/mol. The Bertz CT molecular complexity index is 497. The molecule has 0 N–H and O–H groups in total. The van der Waals surface area contributed by atoms with Crippen molar-refractivity contribution in [1.29, 1.82) is 0 Å². The van der Waals surface area contributed by atoms with Crippen LogP contribution in [0.25, 0.3) is 0 Å². The van der Waals surface area contributed by atoms with Crippen molar-refractivity contribution in [2.24, 2.45) is 23.2 Å². The zero-order valence-electron chi connectivity index (χ0n) is 11.7. The van der Waals surface area contributed by atoms with E-state index in [1.54, 1.807) is 0 Å². The Morgan fingerprint density at radius 2 is 2.20 bits per heavy atom. The van der Waals surface area contributed by atoms with Crippen molar-refractivity contribution in [2.75, 3.05) is 0 Å². The SMILES string of the molecule is CC1(C(=O)OC2C(=O)OC3CCC2C3)CC2C=CC1C2. The highest BCUT2D eigenvalue weighted by molar-refractivity contribution is 5.84. The lowest BCUT2D eigenvalue weighted by Crippen LogP contribution is -2.44. The minimum absolute atomic E-state index is 0.0588. The van der Waals surface area contributed by atoms with E-state index in [9.17, 15) is 9.59 Å². The van der Waals surface area contributed by atoms with Crippen LogP contribution >= 0.6 is 0 Å². The summed E-state index contributed by atoms with van der Waals surface area (Å²) in [6.07, 6.45) is 8.33. The van der Waals surface area contributed by atoms with Crippen molar-refractivity contribution in [3.8, 4) is 0 Å². The molecule has 20 heavy (non-hydrogen) atoms. The lowest BCUT2D eigenvalue weighted by Gasteiger charge is -2.33. The fourth-order valence-corrected chi connectivity index (χ4v) is 4.50. The normalized spacial score (nSPS) is 48.5. The van der Waals surface area contributed by atoms with Crippen LogP contribution in [0.15, 0.2) is 12.2 Å². The van der Waals surface area contributed by atoms with Crippen LogP contribution in [0.1, 0.15) is 39.0 Å². The van der Waals surface area contributed by atoms with E-state index in [1.807, 2.05) is 6.92 Å². The second kappa shape index (κ2) is 4.09. The van der Waals surface area contributed by atoms with E-state index in [0.717, 1.165) is 32.1 Å². The summed E-state index contributed by atoms with van der Waals surface area (Å²) in [4.78, 5) is 24.5. The summed E-state index contributed by atoms with van der Waals surface area (Å²) in [5.41, 5.74) is -0.449. The Balaban J connectivity index is 1.50. The van der Waals surface area contributed by atoms with Crippen molar-refractivity contribution in [3.05, 3.63) is 12.2 Å². The Morgan fingerprint density at radius 3 is 2.90 bits per heavy atom. The van der Waals surface area contributed by atoms with Crippen LogP contribution in [-0.4, -0.2) is 24.1 Å². The summed E-state index contributed by atoms with van der Waals surface area (Å²) in [7, 11) is 0. The first-order chi connectivity index (χ1) is 9.56. The summed E-state index contributed by atoms with van der Waals surface area (Å²) in [6.45, 7) is 1.98.